The summed E-state index contributed by atoms with van der Waals surface area (Å²) in [6.45, 7) is 0. The molecule has 0 heterocycles. The Morgan fingerprint density at radius 1 is 1.26 bits per heavy atom. The highest BCUT2D eigenvalue weighted by Crippen LogP contribution is 2.25. The van der Waals surface area contributed by atoms with Crippen molar-refractivity contribution < 1.29 is 13.9 Å². The van der Waals surface area contributed by atoms with Crippen LogP contribution in [0.25, 0.3) is 0 Å². The number of hydrogen-bond donors (Lipinski definition) is 1. The van der Waals surface area contributed by atoms with E-state index in [0.717, 1.165) is 0 Å². The van der Waals surface area contributed by atoms with Crippen molar-refractivity contribution in [1.29, 1.82) is 0 Å². The van der Waals surface area contributed by atoms with Gasteiger partial charge < -0.3 is 10.1 Å². The van der Waals surface area contributed by atoms with Crippen LogP contribution in [0.3, 0.4) is 0 Å². The van der Waals surface area contributed by atoms with Gasteiger partial charge in [-0.05, 0) is 46.3 Å². The Balaban J connectivity index is 2.26. The molecule has 0 saturated heterocycles. The third kappa shape index (κ3) is 3.12. The molecule has 19 heavy (non-hydrogen) atoms. The average molecular weight is 324 g/mol. The fourth-order valence-electron chi connectivity index (χ4n) is 1.61. The standard InChI is InChI=1S/C14H11BrFNO2/c1-19-13-5-3-2-4-12(13)17-14(18)10-7-6-9(16)8-11(10)15/h2-8H,1H3,(H,17,18). The molecule has 0 saturated carbocycles. The quantitative estimate of drug-likeness (QED) is 0.931. The zero-order valence-corrected chi connectivity index (χ0v) is 11.7. The molecule has 0 aliphatic carbocycles. The zero-order valence-electron chi connectivity index (χ0n) is 10.1. The van der Waals surface area contributed by atoms with E-state index >= 15 is 0 Å². The third-order valence-electron chi connectivity index (χ3n) is 2.53. The van der Waals surface area contributed by atoms with Crippen molar-refractivity contribution in [3.8, 4) is 5.75 Å². The number of benzene rings is 2. The normalized spacial score (nSPS) is 10.1. The predicted octanol–water partition coefficient (Wildman–Crippen LogP) is 3.85. The van der Waals surface area contributed by atoms with Crippen LogP contribution in [0.4, 0.5) is 10.1 Å². The molecular formula is C14H11BrFNO2. The van der Waals surface area contributed by atoms with E-state index in [1.165, 1.54) is 25.3 Å². The summed E-state index contributed by atoms with van der Waals surface area (Å²) in [5.41, 5.74) is 0.915. The van der Waals surface area contributed by atoms with E-state index < -0.39 is 5.82 Å². The number of methoxy groups -OCH3 is 1. The maximum Gasteiger partial charge on any atom is 0.256 e. The van der Waals surface area contributed by atoms with Crippen LogP contribution in [0.2, 0.25) is 0 Å². The van der Waals surface area contributed by atoms with Gasteiger partial charge in [-0.2, -0.15) is 0 Å². The average Bonchev–Trinajstić information content (AvgIpc) is 2.39. The molecule has 5 heteroatoms. The number of halogens is 2. The van der Waals surface area contributed by atoms with E-state index in [-0.39, 0.29) is 5.91 Å². The lowest BCUT2D eigenvalue weighted by Crippen LogP contribution is -2.13. The second kappa shape index (κ2) is 5.84. The lowest BCUT2D eigenvalue weighted by atomic mass is 10.2. The molecule has 2 aromatic rings. The SMILES string of the molecule is COc1ccccc1NC(=O)c1ccc(F)cc1Br. The molecule has 0 unspecified atom stereocenters. The summed E-state index contributed by atoms with van der Waals surface area (Å²) >= 11 is 3.16. The Kier molecular flexibility index (Phi) is 4.16. The first-order chi connectivity index (χ1) is 9.11. The minimum absolute atomic E-state index is 0.337. The second-order valence-corrected chi connectivity index (χ2v) is 4.63. The van der Waals surface area contributed by atoms with Crippen molar-refractivity contribution in [3.63, 3.8) is 0 Å². The molecule has 0 fully saturated rings. The smallest absolute Gasteiger partial charge is 0.256 e. The molecule has 0 aliphatic rings. The van der Waals surface area contributed by atoms with Gasteiger partial charge >= 0.3 is 0 Å². The maximum atomic E-state index is 13.0. The molecule has 98 valence electrons. The van der Waals surface area contributed by atoms with E-state index in [2.05, 4.69) is 21.2 Å². The first-order valence-corrected chi connectivity index (χ1v) is 6.30. The monoisotopic (exact) mass is 323 g/mol. The van der Waals surface area contributed by atoms with Gasteiger partial charge in [0.05, 0.1) is 18.4 Å². The Bertz CT molecular complexity index is 616. The third-order valence-corrected chi connectivity index (χ3v) is 3.19. The summed E-state index contributed by atoms with van der Waals surface area (Å²) in [6.07, 6.45) is 0. The lowest BCUT2D eigenvalue weighted by molar-refractivity contribution is 0.102. The van der Waals surface area contributed by atoms with Crippen molar-refractivity contribution >= 4 is 27.5 Å². The molecule has 0 bridgehead atoms. The van der Waals surface area contributed by atoms with Crippen molar-refractivity contribution in [2.24, 2.45) is 0 Å². The van der Waals surface area contributed by atoms with E-state index in [1.807, 2.05) is 6.07 Å². The van der Waals surface area contributed by atoms with Crippen LogP contribution >= 0.6 is 15.9 Å². The summed E-state index contributed by atoms with van der Waals surface area (Å²) in [5.74, 6) is -0.175. The number of carbonyl (C=O) groups is 1. The first-order valence-electron chi connectivity index (χ1n) is 5.51. The van der Waals surface area contributed by atoms with Crippen molar-refractivity contribution in [3.05, 3.63) is 58.3 Å². The molecule has 0 atom stereocenters. The van der Waals surface area contributed by atoms with E-state index in [0.29, 0.717) is 21.5 Å². The molecule has 2 rings (SSSR count). The Hall–Kier alpha value is -1.88. The summed E-state index contributed by atoms with van der Waals surface area (Å²) in [5, 5.41) is 2.72. The number of carbonyl (C=O) groups excluding carboxylic acids is 1. The highest BCUT2D eigenvalue weighted by atomic mass is 79.9. The molecule has 0 radical (unpaired) electrons. The Labute approximate surface area is 118 Å². The van der Waals surface area contributed by atoms with Crippen LogP contribution < -0.4 is 10.1 Å². The largest absolute Gasteiger partial charge is 0.495 e. The van der Waals surface area contributed by atoms with E-state index in [1.54, 1.807) is 18.2 Å². The van der Waals surface area contributed by atoms with Crippen molar-refractivity contribution in [1.82, 2.24) is 0 Å². The highest BCUT2D eigenvalue weighted by Gasteiger charge is 2.12. The maximum absolute atomic E-state index is 13.0. The van der Waals surface area contributed by atoms with Gasteiger partial charge in [0, 0.05) is 4.47 Å². The number of para-hydroxylation sites is 2. The molecule has 0 aliphatic heterocycles. The number of amides is 1. The first kappa shape index (κ1) is 13.5. The van der Waals surface area contributed by atoms with Crippen LogP contribution in [0.1, 0.15) is 10.4 Å². The minimum atomic E-state index is -0.402. The topological polar surface area (TPSA) is 38.3 Å². The van der Waals surface area contributed by atoms with E-state index in [4.69, 9.17) is 4.74 Å². The molecule has 1 amide bonds. The van der Waals surface area contributed by atoms with Crippen LogP contribution in [0.15, 0.2) is 46.9 Å². The molecular weight excluding hydrogens is 313 g/mol. The fourth-order valence-corrected chi connectivity index (χ4v) is 2.14. The molecule has 2 aromatic carbocycles. The van der Waals surface area contributed by atoms with Crippen molar-refractivity contribution in [2.75, 3.05) is 12.4 Å². The van der Waals surface area contributed by atoms with Gasteiger partial charge in [0.1, 0.15) is 11.6 Å². The highest BCUT2D eigenvalue weighted by molar-refractivity contribution is 9.10. The second-order valence-electron chi connectivity index (χ2n) is 3.78. The van der Waals surface area contributed by atoms with Gasteiger partial charge in [-0.25, -0.2) is 4.39 Å². The van der Waals surface area contributed by atoms with Gasteiger partial charge in [0.25, 0.3) is 5.91 Å². The number of hydrogen-bond acceptors (Lipinski definition) is 2. The summed E-state index contributed by atoms with van der Waals surface area (Å²) in [7, 11) is 1.53. The van der Waals surface area contributed by atoms with Crippen LogP contribution in [-0.4, -0.2) is 13.0 Å². The Morgan fingerprint density at radius 3 is 2.68 bits per heavy atom. The molecule has 3 nitrogen and oxygen atoms in total. The summed E-state index contributed by atoms with van der Waals surface area (Å²) in [6, 6.07) is 11.0. The van der Waals surface area contributed by atoms with Crippen LogP contribution in [0, 0.1) is 5.82 Å². The molecule has 0 aromatic heterocycles. The molecule has 0 spiro atoms. The van der Waals surface area contributed by atoms with Gasteiger partial charge in [-0.3, -0.25) is 4.79 Å². The van der Waals surface area contributed by atoms with Crippen molar-refractivity contribution in [2.45, 2.75) is 0 Å². The molecule has 1 N–H and O–H groups in total. The Morgan fingerprint density at radius 2 is 2.00 bits per heavy atom. The summed E-state index contributed by atoms with van der Waals surface area (Å²) in [4.78, 5) is 12.1. The number of anilines is 1. The number of ether oxygens (including phenoxy) is 1. The van der Waals surface area contributed by atoms with Gasteiger partial charge in [0.2, 0.25) is 0 Å². The minimum Gasteiger partial charge on any atom is -0.495 e. The van der Waals surface area contributed by atoms with Gasteiger partial charge in [-0.15, -0.1) is 0 Å². The summed E-state index contributed by atoms with van der Waals surface area (Å²) < 4.78 is 18.5. The zero-order chi connectivity index (χ0) is 13.8. The predicted molar refractivity (Wildman–Crippen MR) is 75.0 cm³/mol. The fraction of sp³-hybridized carbons (Fsp3) is 0.0714. The number of nitrogens with one attached hydrogen (secondary N) is 1. The van der Waals surface area contributed by atoms with Gasteiger partial charge in [0.15, 0.2) is 0 Å². The number of rotatable bonds is 3. The van der Waals surface area contributed by atoms with E-state index in [9.17, 15) is 9.18 Å². The van der Waals surface area contributed by atoms with Crippen LogP contribution in [0.5, 0.6) is 5.75 Å². The lowest BCUT2D eigenvalue weighted by Gasteiger charge is -2.10. The van der Waals surface area contributed by atoms with Crippen LogP contribution in [-0.2, 0) is 0 Å². The van der Waals surface area contributed by atoms with Gasteiger partial charge in [-0.1, -0.05) is 12.1 Å².